The van der Waals surface area contributed by atoms with E-state index in [2.05, 4.69) is 0 Å². The minimum absolute atomic E-state index is 0.104. The lowest BCUT2D eigenvalue weighted by atomic mass is 10.1. The molecule has 2 heterocycles. The van der Waals surface area contributed by atoms with E-state index in [4.69, 9.17) is 4.74 Å². The highest BCUT2D eigenvalue weighted by atomic mass is 32.2. The number of ether oxygens (including phenoxy) is 1. The first-order valence-electron chi connectivity index (χ1n) is 9.78. The lowest BCUT2D eigenvalue weighted by molar-refractivity contribution is -0.137. The second-order valence-corrected chi connectivity index (χ2v) is 9.77. The van der Waals surface area contributed by atoms with E-state index in [9.17, 15) is 26.4 Å². The van der Waals surface area contributed by atoms with Gasteiger partial charge in [-0.2, -0.15) is 13.2 Å². The molecule has 4 rings (SSSR count). The fraction of sp³-hybridized carbons (Fsp3) is 0.381. The fourth-order valence-electron chi connectivity index (χ4n) is 4.18. The molecular formula is C21H21F3N2O4S. The summed E-state index contributed by atoms with van der Waals surface area (Å²) in [7, 11) is -3.38. The minimum atomic E-state index is -4.50. The maximum absolute atomic E-state index is 13.2. The Bertz CT molecular complexity index is 1090. The zero-order valence-corrected chi connectivity index (χ0v) is 17.5. The van der Waals surface area contributed by atoms with Gasteiger partial charge in [-0.25, -0.2) is 13.2 Å². The van der Waals surface area contributed by atoms with Crippen LogP contribution in [-0.4, -0.2) is 49.5 Å². The average molecular weight is 454 g/mol. The number of hydrogen-bond acceptors (Lipinski definition) is 4. The van der Waals surface area contributed by atoms with Gasteiger partial charge in [-0.15, -0.1) is 0 Å². The van der Waals surface area contributed by atoms with Crippen LogP contribution in [0.1, 0.15) is 18.1 Å². The van der Waals surface area contributed by atoms with Gasteiger partial charge in [-0.3, -0.25) is 4.90 Å². The first-order chi connectivity index (χ1) is 14.6. The Labute approximate surface area is 178 Å². The summed E-state index contributed by atoms with van der Waals surface area (Å²) >= 11 is 0. The van der Waals surface area contributed by atoms with Crippen LogP contribution < -0.4 is 9.64 Å². The Morgan fingerprint density at radius 2 is 1.74 bits per heavy atom. The van der Waals surface area contributed by atoms with E-state index in [0.29, 0.717) is 23.6 Å². The van der Waals surface area contributed by atoms with Crippen LogP contribution in [0.15, 0.2) is 48.5 Å². The SMILES string of the molecule is CCOc1ccc(N2C(=O)N(Cc3cccc(C(F)(F)F)c3)[C@H]3CS(=O)(=O)C[C@@H]32)cc1. The summed E-state index contributed by atoms with van der Waals surface area (Å²) in [4.78, 5) is 16.0. The highest BCUT2D eigenvalue weighted by molar-refractivity contribution is 7.91. The number of alkyl halides is 3. The monoisotopic (exact) mass is 454 g/mol. The molecule has 0 radical (unpaired) electrons. The van der Waals surface area contributed by atoms with Gasteiger partial charge in [0.05, 0.1) is 35.8 Å². The summed E-state index contributed by atoms with van der Waals surface area (Å²) in [5.74, 6) is 0.223. The maximum atomic E-state index is 13.2. The van der Waals surface area contributed by atoms with Crippen LogP contribution in [0.5, 0.6) is 5.75 Å². The normalized spacial score (nSPS) is 22.6. The number of hydrogen-bond donors (Lipinski definition) is 0. The first-order valence-corrected chi connectivity index (χ1v) is 11.6. The molecule has 0 aromatic heterocycles. The highest BCUT2D eigenvalue weighted by Gasteiger charge is 2.53. The standard InChI is InChI=1S/C21H21F3N2O4S/c1-2-30-17-8-6-16(7-9-17)26-19-13-31(28,29)12-18(19)25(20(26)27)11-14-4-3-5-15(10-14)21(22,23)24/h3-10,18-19H,2,11-13H2,1H3/t18-,19-/m0/s1. The van der Waals surface area contributed by atoms with Gasteiger partial charge in [0.15, 0.2) is 9.84 Å². The molecule has 2 aliphatic rings. The van der Waals surface area contributed by atoms with E-state index in [-0.39, 0.29) is 18.1 Å². The number of carbonyl (C=O) groups is 1. The Morgan fingerprint density at radius 1 is 1.06 bits per heavy atom. The average Bonchev–Trinajstić information content (AvgIpc) is 3.13. The van der Waals surface area contributed by atoms with Gasteiger partial charge in [-0.05, 0) is 48.9 Å². The summed E-state index contributed by atoms with van der Waals surface area (Å²) in [6.07, 6.45) is -4.50. The van der Waals surface area contributed by atoms with E-state index in [1.807, 2.05) is 6.92 Å². The molecule has 6 nitrogen and oxygen atoms in total. The van der Waals surface area contributed by atoms with Crippen molar-refractivity contribution in [3.63, 3.8) is 0 Å². The molecule has 0 aliphatic carbocycles. The van der Waals surface area contributed by atoms with Crippen LogP contribution in [-0.2, 0) is 22.6 Å². The third-order valence-electron chi connectivity index (χ3n) is 5.51. The van der Waals surface area contributed by atoms with E-state index in [1.165, 1.54) is 21.9 Å². The molecule has 0 unspecified atom stereocenters. The van der Waals surface area contributed by atoms with Crippen molar-refractivity contribution in [1.82, 2.24) is 4.90 Å². The number of carbonyl (C=O) groups excluding carboxylic acids is 1. The predicted molar refractivity (Wildman–Crippen MR) is 109 cm³/mol. The topological polar surface area (TPSA) is 66.9 Å². The van der Waals surface area contributed by atoms with E-state index < -0.39 is 39.7 Å². The molecule has 10 heteroatoms. The molecule has 0 bridgehead atoms. The van der Waals surface area contributed by atoms with Gasteiger partial charge in [-0.1, -0.05) is 12.1 Å². The number of urea groups is 1. The molecule has 31 heavy (non-hydrogen) atoms. The molecule has 0 N–H and O–H groups in total. The van der Waals surface area contributed by atoms with Crippen molar-refractivity contribution in [3.8, 4) is 5.75 Å². The molecule has 2 aromatic carbocycles. The van der Waals surface area contributed by atoms with Crippen LogP contribution >= 0.6 is 0 Å². The molecule has 2 aromatic rings. The van der Waals surface area contributed by atoms with Crippen molar-refractivity contribution >= 4 is 21.6 Å². The van der Waals surface area contributed by atoms with Crippen molar-refractivity contribution in [3.05, 3.63) is 59.7 Å². The van der Waals surface area contributed by atoms with E-state index in [1.54, 1.807) is 24.3 Å². The molecule has 0 spiro atoms. The molecule has 2 saturated heterocycles. The third-order valence-corrected chi connectivity index (χ3v) is 7.21. The number of sulfone groups is 1. The highest BCUT2D eigenvalue weighted by Crippen LogP contribution is 2.37. The zero-order valence-electron chi connectivity index (χ0n) is 16.7. The first kappa shape index (κ1) is 21.5. The summed E-state index contributed by atoms with van der Waals surface area (Å²) in [6.45, 7) is 2.22. The largest absolute Gasteiger partial charge is 0.494 e. The van der Waals surface area contributed by atoms with Gasteiger partial charge in [0.1, 0.15) is 5.75 Å². The number of fused-ring (bicyclic) bond motifs is 1. The van der Waals surface area contributed by atoms with Crippen molar-refractivity contribution in [2.75, 3.05) is 23.0 Å². The second kappa shape index (κ2) is 7.74. The summed E-state index contributed by atoms with van der Waals surface area (Å²) in [5.41, 5.74) is 0.00229. The van der Waals surface area contributed by atoms with E-state index >= 15 is 0 Å². The lowest BCUT2D eigenvalue weighted by Crippen LogP contribution is -2.37. The van der Waals surface area contributed by atoms with Gasteiger partial charge in [0.25, 0.3) is 0 Å². The molecule has 2 atom stereocenters. The summed E-state index contributed by atoms with van der Waals surface area (Å²) < 4.78 is 69.2. The number of nitrogens with zero attached hydrogens (tertiary/aromatic N) is 2. The smallest absolute Gasteiger partial charge is 0.416 e. The zero-order chi connectivity index (χ0) is 22.4. The van der Waals surface area contributed by atoms with Gasteiger partial charge < -0.3 is 9.64 Å². The Balaban J connectivity index is 1.65. The van der Waals surface area contributed by atoms with Gasteiger partial charge in [0, 0.05) is 12.2 Å². The number of amides is 2. The minimum Gasteiger partial charge on any atom is -0.494 e. The number of benzene rings is 2. The van der Waals surface area contributed by atoms with Gasteiger partial charge in [0.2, 0.25) is 0 Å². The van der Waals surface area contributed by atoms with Crippen LogP contribution in [0.4, 0.5) is 23.7 Å². The summed E-state index contributed by atoms with van der Waals surface area (Å²) in [6, 6.07) is 9.84. The Morgan fingerprint density at radius 3 is 2.39 bits per heavy atom. The van der Waals surface area contributed by atoms with E-state index in [0.717, 1.165) is 12.1 Å². The maximum Gasteiger partial charge on any atom is 0.416 e. The molecule has 2 aliphatic heterocycles. The van der Waals surface area contributed by atoms with Crippen molar-refractivity contribution in [1.29, 1.82) is 0 Å². The Kier molecular flexibility index (Phi) is 5.36. The predicted octanol–water partition coefficient (Wildman–Crippen LogP) is 3.71. The molecular weight excluding hydrogens is 433 g/mol. The third kappa shape index (κ3) is 4.21. The number of anilines is 1. The van der Waals surface area contributed by atoms with Crippen molar-refractivity contribution in [2.24, 2.45) is 0 Å². The molecule has 2 fully saturated rings. The second-order valence-electron chi connectivity index (χ2n) is 7.62. The Hall–Kier alpha value is -2.75. The molecule has 2 amide bonds. The fourth-order valence-corrected chi connectivity index (χ4v) is 6.13. The molecule has 0 saturated carbocycles. The van der Waals surface area contributed by atoms with Crippen molar-refractivity contribution in [2.45, 2.75) is 31.7 Å². The van der Waals surface area contributed by atoms with Crippen LogP contribution in [0.2, 0.25) is 0 Å². The molecule has 166 valence electrons. The summed E-state index contributed by atoms with van der Waals surface area (Å²) in [5, 5.41) is 0. The lowest BCUT2D eigenvalue weighted by Gasteiger charge is -2.23. The number of halogens is 3. The van der Waals surface area contributed by atoms with Crippen molar-refractivity contribution < 1.29 is 31.1 Å². The number of rotatable bonds is 5. The van der Waals surface area contributed by atoms with Crippen LogP contribution in [0, 0.1) is 0 Å². The quantitative estimate of drug-likeness (QED) is 0.646. The van der Waals surface area contributed by atoms with Gasteiger partial charge >= 0.3 is 12.2 Å². The van der Waals surface area contributed by atoms with Crippen LogP contribution in [0.25, 0.3) is 0 Å². The van der Waals surface area contributed by atoms with Crippen LogP contribution in [0.3, 0.4) is 0 Å².